The summed E-state index contributed by atoms with van der Waals surface area (Å²) in [6.07, 6.45) is 5.68. The number of benzene rings is 1. The van der Waals surface area contributed by atoms with Gasteiger partial charge < -0.3 is 19.3 Å². The predicted octanol–water partition coefficient (Wildman–Crippen LogP) is 3.06. The van der Waals surface area contributed by atoms with Gasteiger partial charge in [0.05, 0.1) is 25.4 Å². The molecule has 1 aromatic rings. The van der Waals surface area contributed by atoms with Crippen LogP contribution in [0.5, 0.6) is 11.5 Å². The Hall–Kier alpha value is -1.26. The van der Waals surface area contributed by atoms with Gasteiger partial charge in [0.25, 0.3) is 0 Å². The predicted molar refractivity (Wildman–Crippen MR) is 79.7 cm³/mol. The summed E-state index contributed by atoms with van der Waals surface area (Å²) in [6, 6.07) is 5.65. The Bertz CT molecular complexity index is 482. The van der Waals surface area contributed by atoms with Crippen molar-refractivity contribution >= 4 is 0 Å². The third-order valence-corrected chi connectivity index (χ3v) is 4.50. The molecule has 3 rings (SSSR count). The molecule has 1 atom stereocenters. The minimum atomic E-state index is 0.0146. The normalized spacial score (nSPS) is 23.6. The van der Waals surface area contributed by atoms with Crippen molar-refractivity contribution in [3.63, 3.8) is 0 Å². The van der Waals surface area contributed by atoms with Gasteiger partial charge in [-0.3, -0.25) is 0 Å². The topological polar surface area (TPSA) is 47.9 Å². The van der Waals surface area contributed by atoms with E-state index in [1.165, 1.54) is 6.42 Å². The number of aliphatic hydroxyl groups is 1. The van der Waals surface area contributed by atoms with Gasteiger partial charge in [-0.2, -0.15) is 0 Å². The van der Waals surface area contributed by atoms with E-state index in [0.717, 1.165) is 49.4 Å². The third kappa shape index (κ3) is 3.16. The third-order valence-electron chi connectivity index (χ3n) is 4.50. The number of rotatable bonds is 5. The van der Waals surface area contributed by atoms with Gasteiger partial charge >= 0.3 is 0 Å². The maximum atomic E-state index is 9.24. The first-order chi connectivity index (χ1) is 10.2. The fraction of sp³-hybridized carbons (Fsp3) is 0.647. The molecule has 1 aliphatic carbocycles. The van der Waals surface area contributed by atoms with Crippen LogP contribution >= 0.6 is 0 Å². The van der Waals surface area contributed by atoms with Gasteiger partial charge in [-0.1, -0.05) is 6.07 Å². The van der Waals surface area contributed by atoms with Crippen LogP contribution in [0.25, 0.3) is 0 Å². The van der Waals surface area contributed by atoms with Gasteiger partial charge in [0.2, 0.25) is 0 Å². The van der Waals surface area contributed by atoms with Crippen molar-refractivity contribution in [2.24, 2.45) is 0 Å². The average molecular weight is 292 g/mol. The van der Waals surface area contributed by atoms with Crippen LogP contribution in [-0.4, -0.2) is 30.0 Å². The van der Waals surface area contributed by atoms with Crippen LogP contribution < -0.4 is 9.47 Å². The number of hydrogen-bond donors (Lipinski definition) is 1. The van der Waals surface area contributed by atoms with Crippen LogP contribution in [0.1, 0.15) is 44.6 Å². The van der Waals surface area contributed by atoms with Crippen LogP contribution in [0.15, 0.2) is 18.2 Å². The van der Waals surface area contributed by atoms with Gasteiger partial charge in [-0.05, 0) is 43.9 Å². The zero-order chi connectivity index (χ0) is 14.7. The Morgan fingerprint density at radius 2 is 2.19 bits per heavy atom. The molecule has 0 aromatic heterocycles. The molecule has 0 bridgehead atoms. The molecule has 1 heterocycles. The first kappa shape index (κ1) is 14.7. The number of aliphatic hydroxyl groups excluding tert-OH is 1. The number of hydrogen-bond acceptors (Lipinski definition) is 4. The van der Waals surface area contributed by atoms with Crippen LogP contribution in [0.4, 0.5) is 0 Å². The zero-order valence-corrected chi connectivity index (χ0v) is 12.6. The lowest BCUT2D eigenvalue weighted by molar-refractivity contribution is -0.153. The standard InChI is InChI=1S/C17H24O4/c1-2-19-16-10-13(12-18)4-5-15(16)21-14-6-9-20-17(11-14)7-3-8-17/h4-5,10,14,18H,2-3,6-9,11-12H2,1H3. The summed E-state index contributed by atoms with van der Waals surface area (Å²) in [7, 11) is 0. The lowest BCUT2D eigenvalue weighted by atomic mass is 9.74. The van der Waals surface area contributed by atoms with Crippen molar-refractivity contribution in [1.82, 2.24) is 0 Å². The molecular weight excluding hydrogens is 268 g/mol. The molecule has 1 saturated heterocycles. The summed E-state index contributed by atoms with van der Waals surface area (Å²) in [5.74, 6) is 1.49. The summed E-state index contributed by atoms with van der Waals surface area (Å²) in [5, 5.41) is 9.24. The van der Waals surface area contributed by atoms with E-state index in [1.54, 1.807) is 0 Å². The molecule has 1 saturated carbocycles. The summed E-state index contributed by atoms with van der Waals surface area (Å²) in [6.45, 7) is 3.33. The second-order valence-electron chi connectivity index (χ2n) is 5.99. The number of ether oxygens (including phenoxy) is 3. The van der Waals surface area contributed by atoms with E-state index in [1.807, 2.05) is 25.1 Å². The molecule has 4 heteroatoms. The first-order valence-corrected chi connectivity index (χ1v) is 7.92. The molecule has 0 amide bonds. The van der Waals surface area contributed by atoms with Gasteiger partial charge in [0.1, 0.15) is 6.10 Å². The molecule has 2 aliphatic rings. The van der Waals surface area contributed by atoms with Crippen molar-refractivity contribution < 1.29 is 19.3 Å². The van der Waals surface area contributed by atoms with Crippen molar-refractivity contribution in [1.29, 1.82) is 0 Å². The molecular formula is C17H24O4. The van der Waals surface area contributed by atoms with Crippen molar-refractivity contribution in [2.75, 3.05) is 13.2 Å². The maximum Gasteiger partial charge on any atom is 0.161 e. The first-order valence-electron chi connectivity index (χ1n) is 7.92. The van der Waals surface area contributed by atoms with Crippen LogP contribution in [0.3, 0.4) is 0 Å². The minimum Gasteiger partial charge on any atom is -0.490 e. The Balaban J connectivity index is 1.71. The quantitative estimate of drug-likeness (QED) is 0.906. The van der Waals surface area contributed by atoms with E-state index >= 15 is 0 Å². The monoisotopic (exact) mass is 292 g/mol. The van der Waals surface area contributed by atoms with E-state index in [0.29, 0.717) is 6.61 Å². The van der Waals surface area contributed by atoms with E-state index in [9.17, 15) is 5.11 Å². The van der Waals surface area contributed by atoms with E-state index < -0.39 is 0 Å². The molecule has 4 nitrogen and oxygen atoms in total. The van der Waals surface area contributed by atoms with Gasteiger partial charge in [0.15, 0.2) is 11.5 Å². The van der Waals surface area contributed by atoms with E-state index in [-0.39, 0.29) is 18.3 Å². The highest BCUT2D eigenvalue weighted by Crippen LogP contribution is 2.43. The SMILES string of the molecule is CCOc1cc(CO)ccc1OC1CCOC2(CCC2)C1. The second kappa shape index (κ2) is 6.24. The van der Waals surface area contributed by atoms with E-state index in [2.05, 4.69) is 0 Å². The lowest BCUT2D eigenvalue weighted by Crippen LogP contribution is -2.48. The fourth-order valence-electron chi connectivity index (χ4n) is 3.20. The smallest absolute Gasteiger partial charge is 0.161 e. The highest BCUT2D eigenvalue weighted by molar-refractivity contribution is 5.43. The van der Waals surface area contributed by atoms with Gasteiger partial charge in [0, 0.05) is 12.8 Å². The molecule has 1 aromatic carbocycles. The summed E-state index contributed by atoms with van der Waals surface area (Å²) >= 11 is 0. The molecule has 116 valence electrons. The van der Waals surface area contributed by atoms with Crippen LogP contribution in [-0.2, 0) is 11.3 Å². The molecule has 1 N–H and O–H groups in total. The van der Waals surface area contributed by atoms with Gasteiger partial charge in [-0.25, -0.2) is 0 Å². The molecule has 1 spiro atoms. The highest BCUT2D eigenvalue weighted by Gasteiger charge is 2.43. The van der Waals surface area contributed by atoms with Crippen LogP contribution in [0.2, 0.25) is 0 Å². The minimum absolute atomic E-state index is 0.0146. The van der Waals surface area contributed by atoms with Crippen molar-refractivity contribution in [3.8, 4) is 11.5 Å². The van der Waals surface area contributed by atoms with E-state index in [4.69, 9.17) is 14.2 Å². The average Bonchev–Trinajstić information content (AvgIpc) is 2.48. The highest BCUT2D eigenvalue weighted by atomic mass is 16.5. The molecule has 1 aliphatic heterocycles. The molecule has 21 heavy (non-hydrogen) atoms. The van der Waals surface area contributed by atoms with Crippen LogP contribution in [0, 0.1) is 0 Å². The Morgan fingerprint density at radius 3 is 2.86 bits per heavy atom. The molecule has 1 unspecified atom stereocenters. The Kier molecular flexibility index (Phi) is 4.36. The van der Waals surface area contributed by atoms with Crippen molar-refractivity contribution in [2.45, 2.75) is 57.3 Å². The lowest BCUT2D eigenvalue weighted by Gasteiger charge is -2.46. The summed E-state index contributed by atoms with van der Waals surface area (Å²) < 4.78 is 17.8. The summed E-state index contributed by atoms with van der Waals surface area (Å²) in [5.41, 5.74) is 0.924. The zero-order valence-electron chi connectivity index (χ0n) is 12.6. The van der Waals surface area contributed by atoms with Gasteiger partial charge in [-0.15, -0.1) is 0 Å². The largest absolute Gasteiger partial charge is 0.490 e. The molecule has 0 radical (unpaired) electrons. The Labute approximate surface area is 126 Å². The molecule has 2 fully saturated rings. The second-order valence-corrected chi connectivity index (χ2v) is 5.99. The summed E-state index contributed by atoms with van der Waals surface area (Å²) in [4.78, 5) is 0. The fourth-order valence-corrected chi connectivity index (χ4v) is 3.20. The van der Waals surface area contributed by atoms with Crippen molar-refractivity contribution in [3.05, 3.63) is 23.8 Å². The Morgan fingerprint density at radius 1 is 1.33 bits per heavy atom. The maximum absolute atomic E-state index is 9.24.